The van der Waals surface area contributed by atoms with Gasteiger partial charge < -0.3 is 5.32 Å². The summed E-state index contributed by atoms with van der Waals surface area (Å²) in [5.74, 6) is 0.727. The summed E-state index contributed by atoms with van der Waals surface area (Å²) in [4.78, 5) is 17.5. The molecule has 1 aromatic heterocycles. The lowest BCUT2D eigenvalue weighted by Gasteiger charge is -2.21. The van der Waals surface area contributed by atoms with Crippen molar-refractivity contribution in [3.8, 4) is 17.1 Å². The van der Waals surface area contributed by atoms with Crippen LogP contribution in [0.2, 0.25) is 0 Å². The third-order valence-electron chi connectivity index (χ3n) is 5.37. The van der Waals surface area contributed by atoms with Gasteiger partial charge >= 0.3 is 0 Å². The minimum Gasteiger partial charge on any atom is -0.347 e. The molecule has 5 nitrogen and oxygen atoms in total. The first-order chi connectivity index (χ1) is 13.6. The maximum atomic E-state index is 12.8. The van der Waals surface area contributed by atoms with Crippen LogP contribution in [0.4, 0.5) is 0 Å². The van der Waals surface area contributed by atoms with Gasteiger partial charge in [0.25, 0.3) is 5.91 Å². The van der Waals surface area contributed by atoms with Crippen LogP contribution in [0.15, 0.2) is 48.5 Å². The van der Waals surface area contributed by atoms with E-state index in [0.29, 0.717) is 5.82 Å². The van der Waals surface area contributed by atoms with E-state index >= 15 is 0 Å². The Kier molecular flexibility index (Phi) is 5.24. The maximum absolute atomic E-state index is 12.8. The Labute approximate surface area is 165 Å². The molecule has 0 atom stereocenters. The Morgan fingerprint density at radius 3 is 2.57 bits per heavy atom. The van der Waals surface area contributed by atoms with Crippen molar-refractivity contribution in [2.75, 3.05) is 0 Å². The van der Waals surface area contributed by atoms with Gasteiger partial charge in [-0.3, -0.25) is 4.79 Å². The third-order valence-corrected chi connectivity index (χ3v) is 5.37. The molecular weight excluding hydrogens is 348 g/mol. The van der Waals surface area contributed by atoms with Gasteiger partial charge in [0.05, 0.1) is 5.69 Å². The molecule has 4 rings (SSSR count). The number of nitrogens with zero attached hydrogens (tertiary/aromatic N) is 3. The first-order valence-corrected chi connectivity index (χ1v) is 10.0. The van der Waals surface area contributed by atoms with Crippen molar-refractivity contribution >= 4 is 5.91 Å². The van der Waals surface area contributed by atoms with Crippen LogP contribution in [0, 0.1) is 13.8 Å². The number of rotatable bonds is 4. The fraction of sp³-hybridized carbons (Fsp3) is 0.348. The highest BCUT2D eigenvalue weighted by Crippen LogP contribution is 2.24. The number of aryl methyl sites for hydroxylation is 2. The zero-order chi connectivity index (χ0) is 19.5. The van der Waals surface area contributed by atoms with E-state index in [4.69, 9.17) is 0 Å². The average molecular weight is 374 g/mol. The number of amides is 1. The number of benzene rings is 2. The minimum absolute atomic E-state index is 0.187. The second kappa shape index (κ2) is 7.97. The van der Waals surface area contributed by atoms with Gasteiger partial charge in [-0.25, -0.2) is 9.67 Å². The summed E-state index contributed by atoms with van der Waals surface area (Å²) >= 11 is 0. The number of aromatic nitrogens is 3. The van der Waals surface area contributed by atoms with Crippen molar-refractivity contribution in [3.63, 3.8) is 0 Å². The maximum Gasteiger partial charge on any atom is 0.291 e. The number of carbonyl (C=O) groups is 1. The van der Waals surface area contributed by atoms with E-state index in [-0.39, 0.29) is 17.8 Å². The van der Waals surface area contributed by atoms with Crippen molar-refractivity contribution < 1.29 is 4.79 Å². The zero-order valence-electron chi connectivity index (χ0n) is 16.5. The Hall–Kier alpha value is -2.95. The van der Waals surface area contributed by atoms with Crippen molar-refractivity contribution in [2.45, 2.75) is 52.0 Å². The van der Waals surface area contributed by atoms with E-state index in [1.807, 2.05) is 43.3 Å². The summed E-state index contributed by atoms with van der Waals surface area (Å²) in [6.45, 7) is 4.09. The van der Waals surface area contributed by atoms with Gasteiger partial charge in [-0.1, -0.05) is 61.2 Å². The minimum atomic E-state index is -0.187. The van der Waals surface area contributed by atoms with Gasteiger partial charge in [0.1, 0.15) is 0 Å². The van der Waals surface area contributed by atoms with Crippen LogP contribution in [-0.2, 0) is 0 Å². The highest BCUT2D eigenvalue weighted by molar-refractivity contribution is 5.91. The van der Waals surface area contributed by atoms with Crippen LogP contribution in [0.5, 0.6) is 0 Å². The topological polar surface area (TPSA) is 59.8 Å². The SMILES string of the molecule is Cc1cccc(-c2nc(C(=O)NC3CCCCC3)nn2-c2ccccc2C)c1. The molecule has 1 aliphatic rings. The quantitative estimate of drug-likeness (QED) is 0.725. The van der Waals surface area contributed by atoms with E-state index < -0.39 is 0 Å². The van der Waals surface area contributed by atoms with Crippen LogP contribution >= 0.6 is 0 Å². The summed E-state index contributed by atoms with van der Waals surface area (Å²) in [6, 6.07) is 16.4. The first kappa shape index (κ1) is 18.4. The number of para-hydroxylation sites is 1. The summed E-state index contributed by atoms with van der Waals surface area (Å²) in [7, 11) is 0. The number of carbonyl (C=O) groups excluding carboxylic acids is 1. The Bertz CT molecular complexity index is 986. The van der Waals surface area contributed by atoms with Gasteiger partial charge in [-0.05, 0) is 44.4 Å². The van der Waals surface area contributed by atoms with Gasteiger partial charge in [0.15, 0.2) is 5.82 Å². The summed E-state index contributed by atoms with van der Waals surface area (Å²) < 4.78 is 1.79. The van der Waals surface area contributed by atoms with Crippen molar-refractivity contribution in [1.29, 1.82) is 0 Å². The van der Waals surface area contributed by atoms with Crippen molar-refractivity contribution in [2.24, 2.45) is 0 Å². The highest BCUT2D eigenvalue weighted by Gasteiger charge is 2.22. The molecule has 28 heavy (non-hydrogen) atoms. The van der Waals surface area contributed by atoms with E-state index in [9.17, 15) is 4.79 Å². The molecule has 1 fully saturated rings. The number of hydrogen-bond acceptors (Lipinski definition) is 3. The Morgan fingerprint density at radius 2 is 1.82 bits per heavy atom. The molecule has 1 N–H and O–H groups in total. The molecular formula is C23H26N4O. The van der Waals surface area contributed by atoms with Gasteiger partial charge in [-0.15, -0.1) is 5.10 Å². The fourth-order valence-corrected chi connectivity index (χ4v) is 3.85. The predicted octanol–water partition coefficient (Wildman–Crippen LogP) is 4.61. The molecule has 0 radical (unpaired) electrons. The Balaban J connectivity index is 1.73. The van der Waals surface area contributed by atoms with E-state index in [0.717, 1.165) is 35.2 Å². The summed E-state index contributed by atoms with van der Waals surface area (Å²) in [5, 5.41) is 7.73. The molecule has 0 aliphatic heterocycles. The van der Waals surface area contributed by atoms with Crippen molar-refractivity contribution in [1.82, 2.24) is 20.1 Å². The second-order valence-electron chi connectivity index (χ2n) is 7.64. The van der Waals surface area contributed by atoms with Crippen LogP contribution in [0.1, 0.15) is 53.8 Å². The van der Waals surface area contributed by atoms with Crippen LogP contribution < -0.4 is 5.32 Å². The lowest BCUT2D eigenvalue weighted by atomic mass is 9.95. The van der Waals surface area contributed by atoms with Crippen molar-refractivity contribution in [3.05, 3.63) is 65.5 Å². The third kappa shape index (κ3) is 3.84. The molecule has 0 saturated heterocycles. The molecule has 1 aliphatic carbocycles. The van der Waals surface area contributed by atoms with Gasteiger partial charge in [0.2, 0.25) is 5.82 Å². The smallest absolute Gasteiger partial charge is 0.291 e. The van der Waals surface area contributed by atoms with Crippen LogP contribution in [-0.4, -0.2) is 26.7 Å². The fourth-order valence-electron chi connectivity index (χ4n) is 3.85. The molecule has 0 unspecified atom stereocenters. The number of nitrogens with one attached hydrogen (secondary N) is 1. The van der Waals surface area contributed by atoms with Gasteiger partial charge in [-0.2, -0.15) is 0 Å². The summed E-state index contributed by atoms with van der Waals surface area (Å²) in [5.41, 5.74) is 4.11. The Morgan fingerprint density at radius 1 is 1.04 bits per heavy atom. The van der Waals surface area contributed by atoms with E-state index in [1.54, 1.807) is 4.68 Å². The van der Waals surface area contributed by atoms with Crippen LogP contribution in [0.25, 0.3) is 17.1 Å². The normalized spacial score (nSPS) is 14.8. The van der Waals surface area contributed by atoms with E-state index in [2.05, 4.69) is 34.5 Å². The van der Waals surface area contributed by atoms with E-state index in [1.165, 1.54) is 19.3 Å². The molecule has 1 amide bonds. The molecule has 1 saturated carbocycles. The molecule has 2 aromatic carbocycles. The first-order valence-electron chi connectivity index (χ1n) is 10.0. The molecule has 144 valence electrons. The summed E-state index contributed by atoms with van der Waals surface area (Å²) in [6.07, 6.45) is 5.67. The molecule has 0 spiro atoms. The molecule has 3 aromatic rings. The van der Waals surface area contributed by atoms with Gasteiger partial charge in [0, 0.05) is 11.6 Å². The lowest BCUT2D eigenvalue weighted by molar-refractivity contribution is 0.0917. The molecule has 0 bridgehead atoms. The largest absolute Gasteiger partial charge is 0.347 e. The zero-order valence-corrected chi connectivity index (χ0v) is 16.5. The average Bonchev–Trinajstić information content (AvgIpc) is 3.14. The number of hydrogen-bond donors (Lipinski definition) is 1. The monoisotopic (exact) mass is 374 g/mol. The standard InChI is InChI=1S/C23H26N4O/c1-16-9-8-11-18(15-16)22-25-21(23(28)24-19-12-4-3-5-13-19)26-27(22)20-14-7-6-10-17(20)2/h6-11,14-15,19H,3-5,12-13H2,1-2H3,(H,24,28). The predicted molar refractivity (Wildman–Crippen MR) is 111 cm³/mol. The highest BCUT2D eigenvalue weighted by atomic mass is 16.2. The molecule has 1 heterocycles. The van der Waals surface area contributed by atoms with Crippen LogP contribution in [0.3, 0.4) is 0 Å². The second-order valence-corrected chi connectivity index (χ2v) is 7.64. The lowest BCUT2D eigenvalue weighted by Crippen LogP contribution is -2.36. The molecule has 5 heteroatoms.